The van der Waals surface area contributed by atoms with Gasteiger partial charge < -0.3 is 0 Å². The van der Waals surface area contributed by atoms with Gasteiger partial charge in [0.2, 0.25) is 0 Å². The molecule has 2 rings (SSSR count). The van der Waals surface area contributed by atoms with Crippen LogP contribution in [0, 0.1) is 24.2 Å². The molecule has 1 nitrogen and oxygen atoms in total. The summed E-state index contributed by atoms with van der Waals surface area (Å²) in [6.07, 6.45) is 3.41. The molecule has 1 aliphatic rings. The van der Waals surface area contributed by atoms with E-state index in [1.165, 1.54) is 23.3 Å². The molecule has 2 atom stereocenters. The van der Waals surface area contributed by atoms with Crippen LogP contribution in [0.3, 0.4) is 0 Å². The molecule has 2 heteroatoms. The molecule has 0 heterocycles. The van der Waals surface area contributed by atoms with Crippen molar-refractivity contribution >= 4 is 11.8 Å². The van der Waals surface area contributed by atoms with Crippen LogP contribution in [-0.4, -0.2) is 4.75 Å². The molecule has 0 aliphatic heterocycles. The second kappa shape index (κ2) is 4.51. The largest absolute Gasteiger partial charge is 0.197 e. The summed E-state index contributed by atoms with van der Waals surface area (Å²) in [6.45, 7) is 4.30. The summed E-state index contributed by atoms with van der Waals surface area (Å²) >= 11 is 1.75. The fourth-order valence-electron chi connectivity index (χ4n) is 2.31. The van der Waals surface area contributed by atoms with Crippen LogP contribution < -0.4 is 0 Å². The maximum atomic E-state index is 9.43. The predicted octanol–water partition coefficient (Wildman–Crippen LogP) is 4.17. The molecule has 0 bridgehead atoms. The monoisotopic (exact) mass is 231 g/mol. The molecule has 1 saturated carbocycles. The van der Waals surface area contributed by atoms with Gasteiger partial charge in [0.25, 0.3) is 0 Å². The summed E-state index contributed by atoms with van der Waals surface area (Å²) in [4.78, 5) is 1.22. The fourth-order valence-corrected chi connectivity index (χ4v) is 3.61. The number of thioether (sulfide) groups is 1. The predicted molar refractivity (Wildman–Crippen MR) is 68.4 cm³/mol. The Morgan fingerprint density at radius 3 is 2.56 bits per heavy atom. The normalized spacial score (nSPS) is 28.9. The number of nitriles is 1. The minimum atomic E-state index is -0.185. The van der Waals surface area contributed by atoms with Crippen molar-refractivity contribution in [2.45, 2.75) is 42.8 Å². The van der Waals surface area contributed by atoms with Gasteiger partial charge in [-0.25, -0.2) is 0 Å². The third-order valence-corrected chi connectivity index (χ3v) is 5.06. The van der Waals surface area contributed by atoms with E-state index in [9.17, 15) is 5.26 Å². The van der Waals surface area contributed by atoms with Crippen molar-refractivity contribution in [3.63, 3.8) is 0 Å². The Hall–Kier alpha value is -0.940. The molecular formula is C14H17NS. The average molecular weight is 231 g/mol. The van der Waals surface area contributed by atoms with Crippen molar-refractivity contribution in [3.8, 4) is 6.07 Å². The smallest absolute Gasteiger partial charge is 0.110 e. The molecular weight excluding hydrogens is 214 g/mol. The maximum absolute atomic E-state index is 9.43. The first kappa shape index (κ1) is 11.5. The molecule has 0 radical (unpaired) electrons. The first-order valence-electron chi connectivity index (χ1n) is 5.83. The molecule has 1 aromatic rings. The van der Waals surface area contributed by atoms with Crippen LogP contribution in [0.25, 0.3) is 0 Å². The summed E-state index contributed by atoms with van der Waals surface area (Å²) in [5.41, 5.74) is 1.27. The van der Waals surface area contributed by atoms with Gasteiger partial charge in [0.15, 0.2) is 0 Å². The summed E-state index contributed by atoms with van der Waals surface area (Å²) in [7, 11) is 0. The number of hydrogen-bond donors (Lipinski definition) is 0. The molecule has 1 aromatic carbocycles. The van der Waals surface area contributed by atoms with E-state index in [2.05, 4.69) is 44.2 Å². The van der Waals surface area contributed by atoms with Crippen LogP contribution in [0.15, 0.2) is 29.2 Å². The lowest BCUT2D eigenvalue weighted by Gasteiger charge is -2.25. The molecule has 0 spiro atoms. The molecule has 0 saturated heterocycles. The van der Waals surface area contributed by atoms with Crippen molar-refractivity contribution < 1.29 is 0 Å². The summed E-state index contributed by atoms with van der Waals surface area (Å²) in [6, 6.07) is 11.0. The van der Waals surface area contributed by atoms with Gasteiger partial charge in [0, 0.05) is 4.90 Å². The number of nitrogens with zero attached hydrogens (tertiary/aromatic N) is 1. The molecule has 1 fully saturated rings. The van der Waals surface area contributed by atoms with E-state index in [1.807, 2.05) is 0 Å². The minimum absolute atomic E-state index is 0.185. The molecule has 84 valence electrons. The highest BCUT2D eigenvalue weighted by atomic mass is 32.2. The van der Waals surface area contributed by atoms with Crippen molar-refractivity contribution in [1.29, 1.82) is 5.26 Å². The van der Waals surface area contributed by atoms with E-state index < -0.39 is 0 Å². The van der Waals surface area contributed by atoms with Gasteiger partial charge >= 0.3 is 0 Å². The topological polar surface area (TPSA) is 23.8 Å². The van der Waals surface area contributed by atoms with Crippen LogP contribution in [0.1, 0.15) is 31.7 Å². The zero-order chi connectivity index (χ0) is 11.6. The van der Waals surface area contributed by atoms with E-state index in [1.54, 1.807) is 11.8 Å². The number of benzene rings is 1. The Balaban J connectivity index is 2.19. The van der Waals surface area contributed by atoms with E-state index in [-0.39, 0.29) is 4.75 Å². The van der Waals surface area contributed by atoms with Gasteiger partial charge in [-0.05, 0) is 37.8 Å². The Morgan fingerprint density at radius 1 is 1.38 bits per heavy atom. The Bertz CT molecular complexity index is 404. The lowest BCUT2D eigenvalue weighted by Crippen LogP contribution is -2.25. The molecule has 0 N–H and O–H groups in total. The van der Waals surface area contributed by atoms with Gasteiger partial charge in [-0.3, -0.25) is 0 Å². The molecule has 0 amide bonds. The number of rotatable bonds is 2. The summed E-state index contributed by atoms with van der Waals surface area (Å²) in [5.74, 6) is 0.504. The standard InChI is InChI=1S/C14H17NS/c1-11-5-7-13(8-6-11)16-14(10-15)9-3-4-12(14)2/h5-8,12H,3-4,9H2,1-2H3. The molecule has 0 aromatic heterocycles. The quantitative estimate of drug-likeness (QED) is 0.762. The minimum Gasteiger partial charge on any atom is -0.197 e. The second-order valence-corrected chi connectivity index (χ2v) is 6.11. The fraction of sp³-hybridized carbons (Fsp3) is 0.500. The van der Waals surface area contributed by atoms with Crippen LogP contribution in [0.4, 0.5) is 0 Å². The van der Waals surface area contributed by atoms with Crippen LogP contribution >= 0.6 is 11.8 Å². The molecule has 16 heavy (non-hydrogen) atoms. The second-order valence-electron chi connectivity index (χ2n) is 4.71. The average Bonchev–Trinajstić information content (AvgIpc) is 2.64. The molecule has 2 unspecified atom stereocenters. The third kappa shape index (κ3) is 2.10. The van der Waals surface area contributed by atoms with E-state index in [0.29, 0.717) is 5.92 Å². The Labute approximate surface area is 102 Å². The van der Waals surface area contributed by atoms with Crippen molar-refractivity contribution in [2.24, 2.45) is 5.92 Å². The van der Waals surface area contributed by atoms with Crippen LogP contribution in [0.2, 0.25) is 0 Å². The zero-order valence-electron chi connectivity index (χ0n) is 9.86. The summed E-state index contributed by atoms with van der Waals surface area (Å²) < 4.78 is -0.185. The Morgan fingerprint density at radius 2 is 2.06 bits per heavy atom. The first-order chi connectivity index (χ1) is 7.66. The third-order valence-electron chi connectivity index (χ3n) is 3.49. The van der Waals surface area contributed by atoms with Crippen LogP contribution in [0.5, 0.6) is 0 Å². The van der Waals surface area contributed by atoms with Crippen molar-refractivity contribution in [2.75, 3.05) is 0 Å². The van der Waals surface area contributed by atoms with Crippen molar-refractivity contribution in [1.82, 2.24) is 0 Å². The van der Waals surface area contributed by atoms with Gasteiger partial charge in [-0.1, -0.05) is 31.0 Å². The van der Waals surface area contributed by atoms with E-state index in [4.69, 9.17) is 0 Å². The van der Waals surface area contributed by atoms with Gasteiger partial charge in [0.05, 0.1) is 6.07 Å². The maximum Gasteiger partial charge on any atom is 0.110 e. The highest BCUT2D eigenvalue weighted by Gasteiger charge is 2.41. The Kier molecular flexibility index (Phi) is 3.25. The SMILES string of the molecule is Cc1ccc(SC2(C#N)CCCC2C)cc1. The highest BCUT2D eigenvalue weighted by molar-refractivity contribution is 8.01. The zero-order valence-corrected chi connectivity index (χ0v) is 10.7. The number of hydrogen-bond acceptors (Lipinski definition) is 2. The van der Waals surface area contributed by atoms with E-state index in [0.717, 1.165) is 6.42 Å². The van der Waals surface area contributed by atoms with Crippen molar-refractivity contribution in [3.05, 3.63) is 29.8 Å². The first-order valence-corrected chi connectivity index (χ1v) is 6.65. The number of aryl methyl sites for hydroxylation is 1. The van der Waals surface area contributed by atoms with Gasteiger partial charge in [-0.2, -0.15) is 5.26 Å². The summed E-state index contributed by atoms with van der Waals surface area (Å²) in [5, 5.41) is 9.43. The van der Waals surface area contributed by atoms with E-state index >= 15 is 0 Å². The lowest BCUT2D eigenvalue weighted by molar-refractivity contribution is 0.554. The van der Waals surface area contributed by atoms with Gasteiger partial charge in [0.1, 0.15) is 4.75 Å². The van der Waals surface area contributed by atoms with Gasteiger partial charge in [-0.15, -0.1) is 11.8 Å². The lowest BCUT2D eigenvalue weighted by atomic mass is 9.99. The highest BCUT2D eigenvalue weighted by Crippen LogP contribution is 2.48. The molecule has 1 aliphatic carbocycles. The van der Waals surface area contributed by atoms with Crippen LogP contribution in [-0.2, 0) is 0 Å².